The molecule has 0 spiro atoms. The molecule has 0 aromatic heterocycles. The molecule has 22 heavy (non-hydrogen) atoms. The van der Waals surface area contributed by atoms with Gasteiger partial charge in [-0.05, 0) is 43.9 Å². The van der Waals surface area contributed by atoms with Gasteiger partial charge in [0, 0.05) is 12.3 Å². The van der Waals surface area contributed by atoms with Crippen LogP contribution in [0, 0.1) is 6.92 Å². The van der Waals surface area contributed by atoms with Crippen LogP contribution in [-0.4, -0.2) is 22.8 Å². The third-order valence-corrected chi connectivity index (χ3v) is 3.16. The highest BCUT2D eigenvalue weighted by Crippen LogP contribution is 2.12. The highest BCUT2D eigenvalue weighted by molar-refractivity contribution is 5.93. The second-order valence-electron chi connectivity index (χ2n) is 5.06. The van der Waals surface area contributed by atoms with E-state index in [0.717, 1.165) is 24.8 Å². The fourth-order valence-corrected chi connectivity index (χ4v) is 1.94. The Morgan fingerprint density at radius 1 is 1.09 bits per heavy atom. The molecule has 4 N–H and O–H groups in total. The molecule has 4 heteroatoms. The summed E-state index contributed by atoms with van der Waals surface area (Å²) in [5.41, 5.74) is 8.15. The van der Waals surface area contributed by atoms with Crippen molar-refractivity contribution in [3.8, 4) is 0 Å². The number of carboxylic acid groups (broad SMARTS) is 1. The summed E-state index contributed by atoms with van der Waals surface area (Å²) >= 11 is 0. The summed E-state index contributed by atoms with van der Waals surface area (Å²) in [5.74, 6) is -0.980. The molecule has 0 unspecified atom stereocenters. The molecule has 2 rings (SSSR count). The zero-order valence-electron chi connectivity index (χ0n) is 12.8. The van der Waals surface area contributed by atoms with Gasteiger partial charge in [-0.2, -0.15) is 0 Å². The van der Waals surface area contributed by atoms with E-state index >= 15 is 0 Å². The molecule has 0 aliphatic rings. The summed E-state index contributed by atoms with van der Waals surface area (Å²) in [4.78, 5) is 10.5. The van der Waals surface area contributed by atoms with Crippen molar-refractivity contribution >= 4 is 11.7 Å². The number of anilines is 1. The Morgan fingerprint density at radius 3 is 2.32 bits per heavy atom. The minimum atomic E-state index is -0.980. The lowest BCUT2D eigenvalue weighted by atomic mass is 10.1. The number of unbranched alkanes of at least 4 members (excludes halogenated alkanes) is 1. The third-order valence-electron chi connectivity index (χ3n) is 3.16. The maximum Gasteiger partial charge on any atom is 0.337 e. The van der Waals surface area contributed by atoms with Gasteiger partial charge in [0.25, 0.3) is 0 Å². The van der Waals surface area contributed by atoms with E-state index < -0.39 is 5.97 Å². The van der Waals surface area contributed by atoms with Gasteiger partial charge in [0.1, 0.15) is 0 Å². The Kier molecular flexibility index (Phi) is 7.72. The fraction of sp³-hybridized carbons (Fsp3) is 0.278. The summed E-state index contributed by atoms with van der Waals surface area (Å²) in [5, 5.41) is 17.2. The van der Waals surface area contributed by atoms with Gasteiger partial charge in [-0.15, -0.1) is 0 Å². The SMILES string of the molecule is Cc1ccc(N)c(C(=O)O)c1.OCCCCc1ccccc1. The maximum absolute atomic E-state index is 10.5. The van der Waals surface area contributed by atoms with Crippen molar-refractivity contribution in [2.45, 2.75) is 26.2 Å². The average molecular weight is 301 g/mol. The van der Waals surface area contributed by atoms with Crippen molar-refractivity contribution in [1.29, 1.82) is 0 Å². The molecule has 2 aromatic carbocycles. The highest BCUT2D eigenvalue weighted by atomic mass is 16.4. The number of hydrogen-bond acceptors (Lipinski definition) is 3. The number of aromatic carboxylic acids is 1. The lowest BCUT2D eigenvalue weighted by Crippen LogP contribution is -2.02. The Hall–Kier alpha value is -2.33. The largest absolute Gasteiger partial charge is 0.478 e. The summed E-state index contributed by atoms with van der Waals surface area (Å²) in [6, 6.07) is 15.3. The first-order valence-electron chi connectivity index (χ1n) is 7.28. The summed E-state index contributed by atoms with van der Waals surface area (Å²) in [7, 11) is 0. The molecular formula is C18H23NO3. The topological polar surface area (TPSA) is 83.6 Å². The van der Waals surface area contributed by atoms with Crippen LogP contribution in [0.4, 0.5) is 5.69 Å². The third kappa shape index (κ3) is 6.41. The fourth-order valence-electron chi connectivity index (χ4n) is 1.94. The van der Waals surface area contributed by atoms with Crippen LogP contribution in [-0.2, 0) is 6.42 Å². The van der Waals surface area contributed by atoms with Gasteiger partial charge in [-0.1, -0.05) is 42.0 Å². The van der Waals surface area contributed by atoms with Crippen molar-refractivity contribution in [1.82, 2.24) is 0 Å². The number of nitrogens with two attached hydrogens (primary N) is 1. The van der Waals surface area contributed by atoms with E-state index in [-0.39, 0.29) is 5.56 Å². The minimum absolute atomic E-state index is 0.171. The van der Waals surface area contributed by atoms with E-state index in [1.165, 1.54) is 5.56 Å². The lowest BCUT2D eigenvalue weighted by Gasteiger charge is -2.00. The van der Waals surface area contributed by atoms with Gasteiger partial charge in [-0.25, -0.2) is 4.79 Å². The summed E-state index contributed by atoms with van der Waals surface area (Å²) < 4.78 is 0. The van der Waals surface area contributed by atoms with Gasteiger partial charge >= 0.3 is 5.97 Å². The first kappa shape index (κ1) is 17.7. The molecule has 0 saturated carbocycles. The molecule has 0 aliphatic heterocycles. The van der Waals surface area contributed by atoms with Crippen molar-refractivity contribution < 1.29 is 15.0 Å². The number of aliphatic hydroxyl groups is 1. The number of rotatable bonds is 5. The smallest absolute Gasteiger partial charge is 0.337 e. The zero-order valence-corrected chi connectivity index (χ0v) is 12.8. The van der Waals surface area contributed by atoms with E-state index in [1.807, 2.05) is 25.1 Å². The van der Waals surface area contributed by atoms with E-state index in [1.54, 1.807) is 18.2 Å². The molecule has 0 heterocycles. The average Bonchev–Trinajstić information content (AvgIpc) is 2.51. The van der Waals surface area contributed by atoms with Crippen molar-refractivity contribution in [2.24, 2.45) is 0 Å². The molecule has 2 aromatic rings. The van der Waals surface area contributed by atoms with E-state index in [4.69, 9.17) is 15.9 Å². The molecular weight excluding hydrogens is 278 g/mol. The molecule has 0 amide bonds. The van der Waals surface area contributed by atoms with Gasteiger partial charge in [0.05, 0.1) is 5.56 Å². The Morgan fingerprint density at radius 2 is 1.77 bits per heavy atom. The summed E-state index contributed by atoms with van der Waals surface area (Å²) in [6.07, 6.45) is 3.08. The molecule has 4 nitrogen and oxygen atoms in total. The molecule has 0 saturated heterocycles. The monoisotopic (exact) mass is 301 g/mol. The molecule has 0 fully saturated rings. The molecule has 0 atom stereocenters. The normalized spacial score (nSPS) is 9.73. The van der Waals surface area contributed by atoms with E-state index in [2.05, 4.69) is 12.1 Å². The predicted molar refractivity (Wildman–Crippen MR) is 89.0 cm³/mol. The van der Waals surface area contributed by atoms with Crippen LogP contribution in [0.15, 0.2) is 48.5 Å². The summed E-state index contributed by atoms with van der Waals surface area (Å²) in [6.45, 7) is 2.14. The minimum Gasteiger partial charge on any atom is -0.478 e. The van der Waals surface area contributed by atoms with Crippen molar-refractivity contribution in [2.75, 3.05) is 12.3 Å². The molecule has 0 bridgehead atoms. The van der Waals surface area contributed by atoms with Gasteiger partial charge < -0.3 is 15.9 Å². The Balaban J connectivity index is 0.000000220. The second-order valence-corrected chi connectivity index (χ2v) is 5.06. The first-order valence-corrected chi connectivity index (χ1v) is 7.28. The number of hydrogen-bond donors (Lipinski definition) is 3. The quantitative estimate of drug-likeness (QED) is 0.584. The van der Waals surface area contributed by atoms with E-state index in [0.29, 0.717) is 12.3 Å². The molecule has 118 valence electrons. The molecule has 0 radical (unpaired) electrons. The van der Waals surface area contributed by atoms with Gasteiger partial charge in [-0.3, -0.25) is 0 Å². The molecule has 0 aliphatic carbocycles. The van der Waals surface area contributed by atoms with Gasteiger partial charge in [0.15, 0.2) is 0 Å². The number of carbonyl (C=O) groups is 1. The number of aryl methyl sites for hydroxylation is 2. The van der Waals surface area contributed by atoms with Crippen LogP contribution in [0.2, 0.25) is 0 Å². The number of carboxylic acids is 1. The van der Waals surface area contributed by atoms with Crippen LogP contribution in [0.5, 0.6) is 0 Å². The Labute approximate surface area is 131 Å². The van der Waals surface area contributed by atoms with Crippen LogP contribution < -0.4 is 5.73 Å². The van der Waals surface area contributed by atoms with Crippen LogP contribution in [0.3, 0.4) is 0 Å². The lowest BCUT2D eigenvalue weighted by molar-refractivity contribution is 0.0698. The second kappa shape index (κ2) is 9.58. The number of benzene rings is 2. The predicted octanol–water partition coefficient (Wildman–Crippen LogP) is 3.28. The number of nitrogen functional groups attached to an aromatic ring is 1. The zero-order chi connectivity index (χ0) is 16.4. The maximum atomic E-state index is 10.5. The first-order chi connectivity index (χ1) is 10.5. The standard InChI is InChI=1S/C10H14O.C8H9NO2/c11-9-5-4-8-10-6-2-1-3-7-10;1-5-2-3-7(9)6(4-5)8(10)11/h1-3,6-7,11H,4-5,8-9H2;2-4H,9H2,1H3,(H,10,11). The van der Waals surface area contributed by atoms with Crippen molar-refractivity contribution in [3.05, 3.63) is 65.2 Å². The van der Waals surface area contributed by atoms with E-state index in [9.17, 15) is 4.79 Å². The van der Waals surface area contributed by atoms with Gasteiger partial charge in [0.2, 0.25) is 0 Å². The van der Waals surface area contributed by atoms with Crippen LogP contribution in [0.25, 0.3) is 0 Å². The van der Waals surface area contributed by atoms with Crippen LogP contribution in [0.1, 0.15) is 34.3 Å². The van der Waals surface area contributed by atoms with Crippen LogP contribution >= 0.6 is 0 Å². The number of aliphatic hydroxyl groups excluding tert-OH is 1. The van der Waals surface area contributed by atoms with Crippen molar-refractivity contribution in [3.63, 3.8) is 0 Å². The Bertz CT molecular complexity index is 582. The highest BCUT2D eigenvalue weighted by Gasteiger charge is 2.06.